The lowest BCUT2D eigenvalue weighted by molar-refractivity contribution is 0.460. The van der Waals surface area contributed by atoms with Gasteiger partial charge in [-0.1, -0.05) is 56.1 Å². The van der Waals surface area contributed by atoms with Crippen molar-refractivity contribution in [3.63, 3.8) is 0 Å². The number of hydrogen-bond acceptors (Lipinski definition) is 12. The zero-order chi connectivity index (χ0) is 53.6. The molecule has 10 rings (SSSR count). The molecule has 0 saturated heterocycles. The van der Waals surface area contributed by atoms with Gasteiger partial charge in [-0.15, -0.1) is 0 Å². The Bertz CT molecular complexity index is 4050. The number of sulfone groups is 3. The Morgan fingerprint density at radius 1 is 0.234 bits per heavy atom. The average molecular weight is 1210 g/mol. The van der Waals surface area contributed by atoms with Gasteiger partial charge >= 0.3 is 0 Å². The maximum atomic E-state index is 14.0. The van der Waals surface area contributed by atoms with Crippen LogP contribution >= 0.6 is 31.9 Å². The van der Waals surface area contributed by atoms with Crippen molar-refractivity contribution in [2.45, 2.75) is 29.4 Å². The first-order valence-electron chi connectivity index (χ1n) is 23.3. The van der Waals surface area contributed by atoms with Crippen LogP contribution < -0.4 is 28.4 Å². The fourth-order valence-electron chi connectivity index (χ4n) is 7.61. The summed E-state index contributed by atoms with van der Waals surface area (Å²) in [6.45, 7) is 0. The molecule has 0 bridgehead atoms. The van der Waals surface area contributed by atoms with Crippen LogP contribution in [0.15, 0.2) is 281 Å². The monoisotopic (exact) mass is 1210 g/mol. The van der Waals surface area contributed by atoms with E-state index in [0.29, 0.717) is 63.2 Å². The molecule has 17 heteroatoms. The standard InChI is InChI=1S/C60H40Br2O12S3/c61-41-5-3-7-52(39-41)72-49-23-33-56(34-24-49)75(63,64)54-29-19-46(20-30-54)69-43-11-13-44(14-12-43)70-48-27-37-58(38-28-48)77(67,68)60-10-2-1-9-59(60)74-51-17-15-45(16-18-51)71-47-21-31-55(32-22-47)76(65,66)57-35-25-50(26-36-57)73-53-8-4-6-42(62)40-53/h1-40H. The molecule has 12 nitrogen and oxygen atoms in total. The zero-order valence-corrected chi connectivity index (χ0v) is 45.6. The molecular weight excluding hydrogens is 1170 g/mol. The zero-order valence-electron chi connectivity index (χ0n) is 40.0. The lowest BCUT2D eigenvalue weighted by atomic mass is 10.3. The second kappa shape index (κ2) is 22.6. The van der Waals surface area contributed by atoms with E-state index >= 15 is 0 Å². The summed E-state index contributed by atoms with van der Waals surface area (Å²) in [7, 11) is -11.7. The molecule has 0 aliphatic heterocycles. The highest BCUT2D eigenvalue weighted by atomic mass is 79.9. The highest BCUT2D eigenvalue weighted by Crippen LogP contribution is 2.37. The second-order valence-electron chi connectivity index (χ2n) is 16.8. The van der Waals surface area contributed by atoms with E-state index in [-0.39, 0.29) is 35.1 Å². The molecule has 0 atom stereocenters. The molecule has 0 N–H and O–H groups in total. The van der Waals surface area contributed by atoms with Gasteiger partial charge in [0.2, 0.25) is 29.5 Å². The molecule has 10 aromatic rings. The molecule has 0 saturated carbocycles. The van der Waals surface area contributed by atoms with Crippen LogP contribution in [-0.2, 0) is 29.5 Å². The van der Waals surface area contributed by atoms with Crippen LogP contribution in [-0.4, -0.2) is 25.3 Å². The van der Waals surface area contributed by atoms with E-state index < -0.39 is 29.5 Å². The van der Waals surface area contributed by atoms with Gasteiger partial charge in [-0.2, -0.15) is 0 Å². The molecule has 0 unspecified atom stereocenters. The second-order valence-corrected chi connectivity index (χ2v) is 24.4. The van der Waals surface area contributed by atoms with Crippen LogP contribution in [0.5, 0.6) is 69.0 Å². The van der Waals surface area contributed by atoms with E-state index in [1.165, 1.54) is 66.7 Å². The lowest BCUT2D eigenvalue weighted by Gasteiger charge is -2.13. The Labute approximate surface area is 461 Å². The predicted octanol–water partition coefficient (Wildman–Crippen LogP) is 16.5. The molecule has 77 heavy (non-hydrogen) atoms. The van der Waals surface area contributed by atoms with Gasteiger partial charge in [-0.05, 0) is 218 Å². The van der Waals surface area contributed by atoms with Crippen LogP contribution in [0.4, 0.5) is 0 Å². The van der Waals surface area contributed by atoms with Crippen molar-refractivity contribution >= 4 is 61.4 Å². The molecule has 0 aliphatic carbocycles. The van der Waals surface area contributed by atoms with Crippen LogP contribution in [0.2, 0.25) is 0 Å². The molecule has 0 aliphatic rings. The first-order chi connectivity index (χ1) is 37.1. The fourth-order valence-corrected chi connectivity index (χ4v) is 12.3. The maximum absolute atomic E-state index is 14.0. The van der Waals surface area contributed by atoms with Crippen LogP contribution in [0.1, 0.15) is 0 Å². The van der Waals surface area contributed by atoms with Crippen molar-refractivity contribution in [2.24, 2.45) is 0 Å². The highest BCUT2D eigenvalue weighted by molar-refractivity contribution is 9.10. The normalized spacial score (nSPS) is 11.6. The summed E-state index contributed by atoms with van der Waals surface area (Å²) < 4.78 is 119. The highest BCUT2D eigenvalue weighted by Gasteiger charge is 2.24. The average Bonchev–Trinajstić information content (AvgIpc) is 3.46. The first-order valence-corrected chi connectivity index (χ1v) is 29.3. The Balaban J connectivity index is 0.717. The van der Waals surface area contributed by atoms with E-state index in [4.69, 9.17) is 28.4 Å². The Morgan fingerprint density at radius 2 is 0.481 bits per heavy atom. The van der Waals surface area contributed by atoms with Gasteiger partial charge in [0.05, 0.1) is 24.5 Å². The number of ether oxygens (including phenoxy) is 6. The van der Waals surface area contributed by atoms with Crippen LogP contribution in [0, 0.1) is 0 Å². The Kier molecular flexibility index (Phi) is 15.3. The quantitative estimate of drug-likeness (QED) is 0.0802. The summed E-state index contributed by atoms with van der Waals surface area (Å²) in [6, 6.07) is 64.8. The molecule has 10 aromatic carbocycles. The third-order valence-corrected chi connectivity index (χ3v) is 17.8. The molecule has 0 aromatic heterocycles. The van der Waals surface area contributed by atoms with Gasteiger partial charge in [0.1, 0.15) is 73.9 Å². The largest absolute Gasteiger partial charge is 0.457 e. The van der Waals surface area contributed by atoms with E-state index in [2.05, 4.69) is 31.9 Å². The molecule has 0 heterocycles. The van der Waals surface area contributed by atoms with E-state index in [1.54, 1.807) is 140 Å². The topological polar surface area (TPSA) is 158 Å². The van der Waals surface area contributed by atoms with E-state index in [0.717, 1.165) is 8.95 Å². The molecule has 384 valence electrons. The minimum atomic E-state index is -4.06. The molecule has 0 spiro atoms. The van der Waals surface area contributed by atoms with Crippen molar-refractivity contribution in [2.75, 3.05) is 0 Å². The summed E-state index contributed by atoms with van der Waals surface area (Å²) in [5.74, 6) is 5.24. The molecule has 0 fully saturated rings. The smallest absolute Gasteiger partial charge is 0.210 e. The van der Waals surface area contributed by atoms with Gasteiger partial charge in [0.25, 0.3) is 0 Å². The predicted molar refractivity (Wildman–Crippen MR) is 297 cm³/mol. The first kappa shape index (κ1) is 52.3. The minimum Gasteiger partial charge on any atom is -0.457 e. The van der Waals surface area contributed by atoms with Crippen molar-refractivity contribution in [3.05, 3.63) is 252 Å². The third kappa shape index (κ3) is 12.6. The minimum absolute atomic E-state index is 0.0195. The summed E-state index contributed by atoms with van der Waals surface area (Å²) in [4.78, 5) is 0.392. The van der Waals surface area contributed by atoms with Crippen molar-refractivity contribution in [1.82, 2.24) is 0 Å². The van der Waals surface area contributed by atoms with Gasteiger partial charge in [0.15, 0.2) is 0 Å². The summed E-state index contributed by atoms with van der Waals surface area (Å²) in [5.41, 5.74) is 0. The summed E-state index contributed by atoms with van der Waals surface area (Å²) >= 11 is 6.82. The molecule has 0 radical (unpaired) electrons. The summed E-state index contributed by atoms with van der Waals surface area (Å²) in [5, 5.41) is 0. The molecule has 0 amide bonds. The number of para-hydroxylation sites is 1. The SMILES string of the molecule is O=S(=O)(c1ccc(Oc2ccc(Oc3ccc(S(=O)(=O)c4ccccc4Oc4ccc(Oc5ccc(S(=O)(=O)c6ccc(Oc7cccc(Br)c7)cc6)cc5)cc4)cc3)cc2)cc1)c1ccc(Oc2cccc(Br)c2)cc1. The van der Waals surface area contributed by atoms with E-state index in [1.807, 2.05) is 36.4 Å². The van der Waals surface area contributed by atoms with Gasteiger partial charge in [-0.3, -0.25) is 0 Å². The lowest BCUT2D eigenvalue weighted by Crippen LogP contribution is -2.04. The Morgan fingerprint density at radius 3 is 0.779 bits per heavy atom. The number of halogens is 2. The number of benzene rings is 10. The maximum Gasteiger partial charge on any atom is 0.210 e. The fraction of sp³-hybridized carbons (Fsp3) is 0. The van der Waals surface area contributed by atoms with Crippen LogP contribution in [0.25, 0.3) is 0 Å². The van der Waals surface area contributed by atoms with E-state index in [9.17, 15) is 25.3 Å². The van der Waals surface area contributed by atoms with Gasteiger partial charge in [-0.25, -0.2) is 25.3 Å². The summed E-state index contributed by atoms with van der Waals surface area (Å²) in [6.07, 6.45) is 0. The van der Waals surface area contributed by atoms with Crippen LogP contribution in [0.3, 0.4) is 0 Å². The number of rotatable bonds is 18. The number of hydrogen-bond donors (Lipinski definition) is 0. The van der Waals surface area contributed by atoms with Crippen molar-refractivity contribution in [3.8, 4) is 69.0 Å². The van der Waals surface area contributed by atoms with Crippen molar-refractivity contribution in [1.29, 1.82) is 0 Å². The van der Waals surface area contributed by atoms with Gasteiger partial charge < -0.3 is 28.4 Å². The third-order valence-electron chi connectivity index (χ3n) is 11.5. The molecular formula is C60H40Br2O12S3. The van der Waals surface area contributed by atoms with Gasteiger partial charge in [0, 0.05) is 8.95 Å². The Hall–Kier alpha value is -8.19. The van der Waals surface area contributed by atoms with Crippen molar-refractivity contribution < 1.29 is 53.7 Å².